The lowest BCUT2D eigenvalue weighted by Gasteiger charge is -2.29. The van der Waals surface area contributed by atoms with Crippen LogP contribution in [0.3, 0.4) is 0 Å². The van der Waals surface area contributed by atoms with Crippen LogP contribution in [0, 0.1) is 0 Å². The summed E-state index contributed by atoms with van der Waals surface area (Å²) in [4.78, 5) is 34.3. The minimum Gasteiger partial charge on any atom is -0.481 e. The summed E-state index contributed by atoms with van der Waals surface area (Å²) < 4.78 is 0. The number of rotatable bonds is 8. The quantitative estimate of drug-likeness (QED) is 0.429. The van der Waals surface area contributed by atoms with Crippen molar-refractivity contribution in [3.8, 4) is 0 Å². The molecule has 5 N–H and O–H groups in total. The van der Waals surface area contributed by atoms with Gasteiger partial charge in [0.05, 0.1) is 12.5 Å². The molecule has 0 aliphatic heterocycles. The number of amides is 1. The molecular weight excluding hydrogens is 302 g/mol. The molecular formula is C15H29N3O5. The van der Waals surface area contributed by atoms with Crippen LogP contribution < -0.4 is 16.0 Å². The van der Waals surface area contributed by atoms with E-state index in [1.807, 2.05) is 41.5 Å². The molecule has 1 amide bonds. The van der Waals surface area contributed by atoms with Crippen molar-refractivity contribution < 1.29 is 24.6 Å². The van der Waals surface area contributed by atoms with Gasteiger partial charge in [-0.25, -0.2) is 0 Å². The van der Waals surface area contributed by atoms with Crippen molar-refractivity contribution in [3.05, 3.63) is 0 Å². The average Bonchev–Trinajstić information content (AvgIpc) is 2.29. The molecule has 2 atom stereocenters. The second kappa shape index (κ2) is 8.26. The average molecular weight is 331 g/mol. The Labute approximate surface area is 137 Å². The normalized spacial score (nSPS) is 14.9. The molecule has 0 aliphatic rings. The Morgan fingerprint density at radius 1 is 0.870 bits per heavy atom. The van der Waals surface area contributed by atoms with E-state index in [0.29, 0.717) is 0 Å². The van der Waals surface area contributed by atoms with Gasteiger partial charge in [-0.3, -0.25) is 19.7 Å². The van der Waals surface area contributed by atoms with E-state index in [2.05, 4.69) is 16.0 Å². The van der Waals surface area contributed by atoms with Crippen LogP contribution in [-0.4, -0.2) is 57.8 Å². The minimum absolute atomic E-state index is 0.132. The molecule has 0 saturated heterocycles. The summed E-state index contributed by atoms with van der Waals surface area (Å²) in [5.41, 5.74) is -0.884. The van der Waals surface area contributed by atoms with E-state index in [0.717, 1.165) is 0 Å². The smallest absolute Gasteiger partial charge is 0.322 e. The van der Waals surface area contributed by atoms with Crippen LogP contribution in [0.1, 0.15) is 48.0 Å². The lowest BCUT2D eigenvalue weighted by atomic mass is 10.0. The maximum atomic E-state index is 12.2. The molecule has 0 aromatic carbocycles. The molecule has 0 bridgehead atoms. The lowest BCUT2D eigenvalue weighted by Crippen LogP contribution is -2.57. The molecule has 134 valence electrons. The molecule has 0 heterocycles. The van der Waals surface area contributed by atoms with E-state index >= 15 is 0 Å². The Morgan fingerprint density at radius 3 is 1.65 bits per heavy atom. The van der Waals surface area contributed by atoms with Crippen molar-refractivity contribution in [1.29, 1.82) is 0 Å². The number of carbonyl (C=O) groups excluding carboxylic acids is 1. The zero-order chi connectivity index (χ0) is 18.4. The van der Waals surface area contributed by atoms with Crippen molar-refractivity contribution in [2.75, 3.05) is 6.54 Å². The highest BCUT2D eigenvalue weighted by Gasteiger charge is 2.28. The SMILES string of the molecule is CC(C)(C)N[C@@H](CC(=O)O)C(=O)NC[C@@H](NC(C)(C)C)C(=O)O. The summed E-state index contributed by atoms with van der Waals surface area (Å²) in [6, 6.07) is -1.89. The zero-order valence-electron chi connectivity index (χ0n) is 14.7. The number of nitrogens with one attached hydrogen (secondary N) is 3. The maximum absolute atomic E-state index is 12.2. The fourth-order valence-electron chi connectivity index (χ4n) is 1.96. The van der Waals surface area contributed by atoms with Gasteiger partial charge in [0.2, 0.25) is 5.91 Å². The highest BCUT2D eigenvalue weighted by molar-refractivity contribution is 5.86. The van der Waals surface area contributed by atoms with E-state index in [1.54, 1.807) is 0 Å². The number of hydrogen-bond acceptors (Lipinski definition) is 5. The molecule has 8 heteroatoms. The van der Waals surface area contributed by atoms with Gasteiger partial charge in [-0.1, -0.05) is 0 Å². The third kappa shape index (κ3) is 10.6. The molecule has 0 aliphatic carbocycles. The van der Waals surface area contributed by atoms with Crippen LogP contribution in [0.5, 0.6) is 0 Å². The second-order valence-corrected chi connectivity index (χ2v) is 7.58. The third-order valence-electron chi connectivity index (χ3n) is 2.69. The standard InChI is InChI=1S/C15H29N3O5/c1-14(2,3)17-9(7-11(19)20)12(21)16-8-10(13(22)23)18-15(4,5)6/h9-10,17-18H,7-8H2,1-6H3,(H,16,21)(H,19,20)(H,22,23)/t9-,10+/m0/s1. The lowest BCUT2D eigenvalue weighted by molar-refractivity contribution is -0.141. The van der Waals surface area contributed by atoms with E-state index in [4.69, 9.17) is 5.11 Å². The van der Waals surface area contributed by atoms with Crippen LogP contribution in [0.15, 0.2) is 0 Å². The predicted octanol–water partition coefficient (Wildman–Crippen LogP) is 0.175. The number of hydrogen-bond donors (Lipinski definition) is 5. The Kier molecular flexibility index (Phi) is 7.66. The highest BCUT2D eigenvalue weighted by Crippen LogP contribution is 2.05. The monoisotopic (exact) mass is 331 g/mol. The molecule has 0 unspecified atom stereocenters. The number of aliphatic carboxylic acids is 2. The maximum Gasteiger partial charge on any atom is 0.322 e. The summed E-state index contributed by atoms with van der Waals surface area (Å²) in [6.07, 6.45) is -0.381. The van der Waals surface area contributed by atoms with Gasteiger partial charge < -0.3 is 20.8 Å². The minimum atomic E-state index is -1.11. The molecule has 8 nitrogen and oxygen atoms in total. The van der Waals surface area contributed by atoms with Crippen LogP contribution in [0.25, 0.3) is 0 Å². The van der Waals surface area contributed by atoms with Crippen molar-refractivity contribution in [2.45, 2.75) is 71.1 Å². The Hall–Kier alpha value is -1.67. The van der Waals surface area contributed by atoms with Crippen molar-refractivity contribution in [1.82, 2.24) is 16.0 Å². The first kappa shape index (κ1) is 21.3. The fourth-order valence-corrected chi connectivity index (χ4v) is 1.96. The van der Waals surface area contributed by atoms with Crippen molar-refractivity contribution in [2.24, 2.45) is 0 Å². The van der Waals surface area contributed by atoms with Gasteiger partial charge in [0.15, 0.2) is 0 Å². The largest absolute Gasteiger partial charge is 0.481 e. The Bertz CT molecular complexity index is 437. The summed E-state index contributed by atoms with van der Waals surface area (Å²) in [5.74, 6) is -2.73. The summed E-state index contributed by atoms with van der Waals surface area (Å²) >= 11 is 0. The van der Waals surface area contributed by atoms with Gasteiger partial charge in [-0.15, -0.1) is 0 Å². The Balaban J connectivity index is 4.82. The van der Waals surface area contributed by atoms with E-state index in [-0.39, 0.29) is 13.0 Å². The topological polar surface area (TPSA) is 128 Å². The van der Waals surface area contributed by atoms with Gasteiger partial charge in [0, 0.05) is 17.6 Å². The van der Waals surface area contributed by atoms with E-state index in [1.165, 1.54) is 0 Å². The third-order valence-corrected chi connectivity index (χ3v) is 2.69. The molecule has 0 saturated carbocycles. The highest BCUT2D eigenvalue weighted by atomic mass is 16.4. The fraction of sp³-hybridized carbons (Fsp3) is 0.800. The summed E-state index contributed by atoms with van der Waals surface area (Å²) in [6.45, 7) is 10.8. The first-order valence-corrected chi connectivity index (χ1v) is 7.49. The van der Waals surface area contributed by atoms with Gasteiger partial charge in [-0.05, 0) is 41.5 Å². The zero-order valence-corrected chi connectivity index (χ0v) is 14.7. The molecule has 0 rings (SSSR count). The Morgan fingerprint density at radius 2 is 1.30 bits per heavy atom. The predicted molar refractivity (Wildman–Crippen MR) is 86.3 cm³/mol. The molecule has 0 spiro atoms. The molecule has 0 fully saturated rings. The van der Waals surface area contributed by atoms with Crippen LogP contribution in [0.4, 0.5) is 0 Å². The molecule has 0 aromatic heterocycles. The first-order valence-electron chi connectivity index (χ1n) is 7.49. The molecule has 0 aromatic rings. The number of carboxylic acid groups (broad SMARTS) is 2. The van der Waals surface area contributed by atoms with Crippen molar-refractivity contribution in [3.63, 3.8) is 0 Å². The van der Waals surface area contributed by atoms with E-state index < -0.39 is 41.0 Å². The van der Waals surface area contributed by atoms with Crippen LogP contribution in [0.2, 0.25) is 0 Å². The molecule has 23 heavy (non-hydrogen) atoms. The van der Waals surface area contributed by atoms with Crippen molar-refractivity contribution >= 4 is 17.8 Å². The number of carbonyl (C=O) groups is 3. The second-order valence-electron chi connectivity index (χ2n) is 7.58. The van der Waals surface area contributed by atoms with Crippen LogP contribution in [-0.2, 0) is 14.4 Å². The molecule has 0 radical (unpaired) electrons. The number of carboxylic acids is 2. The summed E-state index contributed by atoms with van der Waals surface area (Å²) in [7, 11) is 0. The van der Waals surface area contributed by atoms with Gasteiger partial charge in [0.1, 0.15) is 6.04 Å². The van der Waals surface area contributed by atoms with Gasteiger partial charge >= 0.3 is 11.9 Å². The van der Waals surface area contributed by atoms with Gasteiger partial charge in [-0.2, -0.15) is 0 Å². The van der Waals surface area contributed by atoms with Crippen LogP contribution >= 0.6 is 0 Å². The first-order chi connectivity index (χ1) is 10.2. The summed E-state index contributed by atoms with van der Waals surface area (Å²) in [5, 5.41) is 26.4. The van der Waals surface area contributed by atoms with Gasteiger partial charge in [0.25, 0.3) is 0 Å². The van der Waals surface area contributed by atoms with E-state index in [9.17, 15) is 19.5 Å².